The number of allylic oxidation sites excluding steroid dienone is 1. The standard InChI is InChI=1S/C13H14N2OS/c1-3-4-11-12(15-17-13(11)14)9-5-7-10(16-2)8-6-9/h3,5-8H,1,4,14H2,2H3. The molecule has 4 heteroatoms. The van der Waals surface area contributed by atoms with Gasteiger partial charge < -0.3 is 10.5 Å². The summed E-state index contributed by atoms with van der Waals surface area (Å²) in [5.74, 6) is 0.835. The summed E-state index contributed by atoms with van der Waals surface area (Å²) in [4.78, 5) is 0. The summed E-state index contributed by atoms with van der Waals surface area (Å²) >= 11 is 1.32. The first-order valence-electron chi connectivity index (χ1n) is 5.25. The topological polar surface area (TPSA) is 48.1 Å². The first kappa shape index (κ1) is 11.7. The highest BCUT2D eigenvalue weighted by atomic mass is 32.1. The number of ether oxygens (including phenoxy) is 1. The van der Waals surface area contributed by atoms with Gasteiger partial charge in [-0.15, -0.1) is 6.58 Å². The van der Waals surface area contributed by atoms with Gasteiger partial charge in [0.25, 0.3) is 0 Å². The molecule has 0 aliphatic rings. The number of nitrogens with two attached hydrogens (primary N) is 1. The van der Waals surface area contributed by atoms with Crippen molar-refractivity contribution in [2.24, 2.45) is 0 Å². The Hall–Kier alpha value is -1.81. The molecule has 0 bridgehead atoms. The van der Waals surface area contributed by atoms with Gasteiger partial charge in [0.1, 0.15) is 10.8 Å². The van der Waals surface area contributed by atoms with E-state index in [-0.39, 0.29) is 0 Å². The van der Waals surface area contributed by atoms with Crippen LogP contribution in [0, 0.1) is 0 Å². The SMILES string of the molecule is C=CCc1c(-c2ccc(OC)cc2)nsc1N. The van der Waals surface area contributed by atoms with Crippen molar-refractivity contribution in [3.05, 3.63) is 42.5 Å². The lowest BCUT2D eigenvalue weighted by molar-refractivity contribution is 0.415. The molecule has 0 spiro atoms. The highest BCUT2D eigenvalue weighted by Crippen LogP contribution is 2.31. The Bertz CT molecular complexity index is 517. The third kappa shape index (κ3) is 2.31. The zero-order valence-corrected chi connectivity index (χ0v) is 10.5. The number of methoxy groups -OCH3 is 1. The van der Waals surface area contributed by atoms with Gasteiger partial charge >= 0.3 is 0 Å². The molecule has 0 atom stereocenters. The average Bonchev–Trinajstić information content (AvgIpc) is 2.72. The Morgan fingerprint density at radius 2 is 2.12 bits per heavy atom. The van der Waals surface area contributed by atoms with E-state index in [0.717, 1.165) is 34.0 Å². The number of hydrogen-bond donors (Lipinski definition) is 1. The van der Waals surface area contributed by atoms with Crippen LogP contribution in [0.1, 0.15) is 5.56 Å². The highest BCUT2D eigenvalue weighted by Gasteiger charge is 2.11. The van der Waals surface area contributed by atoms with E-state index in [4.69, 9.17) is 10.5 Å². The summed E-state index contributed by atoms with van der Waals surface area (Å²) < 4.78 is 9.52. The van der Waals surface area contributed by atoms with Crippen molar-refractivity contribution in [2.45, 2.75) is 6.42 Å². The van der Waals surface area contributed by atoms with Crippen LogP contribution in [0.4, 0.5) is 5.00 Å². The molecule has 2 N–H and O–H groups in total. The van der Waals surface area contributed by atoms with E-state index in [0.29, 0.717) is 0 Å². The van der Waals surface area contributed by atoms with Gasteiger partial charge in [-0.3, -0.25) is 0 Å². The molecule has 0 fully saturated rings. The van der Waals surface area contributed by atoms with Gasteiger partial charge in [-0.2, -0.15) is 4.37 Å². The maximum absolute atomic E-state index is 5.90. The molecule has 2 aromatic rings. The van der Waals surface area contributed by atoms with Crippen molar-refractivity contribution in [3.8, 4) is 17.0 Å². The summed E-state index contributed by atoms with van der Waals surface area (Å²) in [5, 5.41) is 0.760. The molecule has 0 unspecified atom stereocenters. The highest BCUT2D eigenvalue weighted by molar-refractivity contribution is 7.10. The number of hydrogen-bond acceptors (Lipinski definition) is 4. The van der Waals surface area contributed by atoms with Crippen molar-refractivity contribution in [2.75, 3.05) is 12.8 Å². The lowest BCUT2D eigenvalue weighted by atomic mass is 10.1. The molecule has 1 heterocycles. The fraction of sp³-hybridized carbons (Fsp3) is 0.154. The Balaban J connectivity index is 2.41. The van der Waals surface area contributed by atoms with Crippen LogP contribution >= 0.6 is 11.5 Å². The fourth-order valence-electron chi connectivity index (χ4n) is 1.64. The second-order valence-corrected chi connectivity index (χ2v) is 4.40. The predicted molar refractivity (Wildman–Crippen MR) is 72.4 cm³/mol. The summed E-state index contributed by atoms with van der Waals surface area (Å²) in [5.41, 5.74) is 8.95. The van der Waals surface area contributed by atoms with Crippen LogP contribution in [0.2, 0.25) is 0 Å². The minimum atomic E-state index is 0.740. The molecule has 0 amide bonds. The molecule has 0 aliphatic heterocycles. The summed E-state index contributed by atoms with van der Waals surface area (Å²) in [6.45, 7) is 3.74. The molecule has 0 radical (unpaired) electrons. The van der Waals surface area contributed by atoms with E-state index < -0.39 is 0 Å². The molecule has 0 aliphatic carbocycles. The maximum atomic E-state index is 5.90. The first-order valence-corrected chi connectivity index (χ1v) is 6.03. The average molecular weight is 246 g/mol. The Labute approximate surface area is 105 Å². The lowest BCUT2D eigenvalue weighted by Gasteiger charge is -2.03. The summed E-state index contributed by atoms with van der Waals surface area (Å²) in [6.07, 6.45) is 2.58. The second-order valence-electron chi connectivity index (χ2n) is 3.60. The molecule has 2 rings (SSSR count). The van der Waals surface area contributed by atoms with Gasteiger partial charge in [0.05, 0.1) is 12.8 Å². The zero-order chi connectivity index (χ0) is 12.3. The first-order chi connectivity index (χ1) is 8.26. The van der Waals surface area contributed by atoms with E-state index in [1.807, 2.05) is 30.3 Å². The number of nitrogens with zero attached hydrogens (tertiary/aromatic N) is 1. The Kier molecular flexibility index (Phi) is 3.44. The van der Waals surface area contributed by atoms with Crippen molar-refractivity contribution >= 4 is 16.5 Å². The van der Waals surface area contributed by atoms with Crippen LogP contribution in [0.25, 0.3) is 11.3 Å². The molecule has 3 nitrogen and oxygen atoms in total. The van der Waals surface area contributed by atoms with Crippen LogP contribution < -0.4 is 10.5 Å². The van der Waals surface area contributed by atoms with E-state index in [9.17, 15) is 0 Å². The van der Waals surface area contributed by atoms with Crippen LogP contribution in [-0.4, -0.2) is 11.5 Å². The van der Waals surface area contributed by atoms with Gasteiger partial charge in [-0.1, -0.05) is 6.08 Å². The van der Waals surface area contributed by atoms with Crippen LogP contribution in [0.15, 0.2) is 36.9 Å². The van der Waals surface area contributed by atoms with Crippen LogP contribution in [-0.2, 0) is 6.42 Å². The number of anilines is 1. The maximum Gasteiger partial charge on any atom is 0.118 e. The van der Waals surface area contributed by atoms with Gasteiger partial charge in [0.15, 0.2) is 0 Å². The molecule has 0 saturated heterocycles. The quantitative estimate of drug-likeness (QED) is 0.843. The number of benzene rings is 1. The predicted octanol–water partition coefficient (Wildman–Crippen LogP) is 3.13. The number of aromatic nitrogens is 1. The van der Waals surface area contributed by atoms with Crippen molar-refractivity contribution < 1.29 is 4.74 Å². The molecule has 1 aromatic carbocycles. The minimum Gasteiger partial charge on any atom is -0.497 e. The molecule has 0 saturated carbocycles. The zero-order valence-electron chi connectivity index (χ0n) is 9.64. The summed E-state index contributed by atoms with van der Waals surface area (Å²) in [7, 11) is 1.65. The molecular formula is C13H14N2OS. The van der Waals surface area contributed by atoms with Gasteiger partial charge in [0, 0.05) is 11.1 Å². The summed E-state index contributed by atoms with van der Waals surface area (Å²) in [6, 6.07) is 7.81. The fourth-order valence-corrected chi connectivity index (χ4v) is 2.33. The van der Waals surface area contributed by atoms with E-state index in [1.54, 1.807) is 7.11 Å². The monoisotopic (exact) mass is 246 g/mol. The van der Waals surface area contributed by atoms with Crippen molar-refractivity contribution in [1.29, 1.82) is 0 Å². The third-order valence-electron chi connectivity index (χ3n) is 2.53. The normalized spacial score (nSPS) is 10.2. The minimum absolute atomic E-state index is 0.740. The van der Waals surface area contributed by atoms with Crippen molar-refractivity contribution in [3.63, 3.8) is 0 Å². The molecular weight excluding hydrogens is 232 g/mol. The van der Waals surface area contributed by atoms with Crippen LogP contribution in [0.5, 0.6) is 5.75 Å². The Morgan fingerprint density at radius 1 is 1.41 bits per heavy atom. The second kappa shape index (κ2) is 5.01. The van der Waals surface area contributed by atoms with E-state index in [1.165, 1.54) is 11.5 Å². The number of nitrogen functional groups attached to an aromatic ring is 1. The number of rotatable bonds is 4. The van der Waals surface area contributed by atoms with Gasteiger partial charge in [0.2, 0.25) is 0 Å². The molecule has 1 aromatic heterocycles. The van der Waals surface area contributed by atoms with E-state index >= 15 is 0 Å². The largest absolute Gasteiger partial charge is 0.497 e. The van der Waals surface area contributed by atoms with Crippen molar-refractivity contribution in [1.82, 2.24) is 4.37 Å². The van der Waals surface area contributed by atoms with Gasteiger partial charge in [-0.05, 0) is 42.2 Å². The van der Waals surface area contributed by atoms with Gasteiger partial charge in [-0.25, -0.2) is 0 Å². The smallest absolute Gasteiger partial charge is 0.118 e. The Morgan fingerprint density at radius 3 is 2.71 bits per heavy atom. The van der Waals surface area contributed by atoms with Crippen LogP contribution in [0.3, 0.4) is 0 Å². The molecule has 17 heavy (non-hydrogen) atoms. The lowest BCUT2D eigenvalue weighted by Crippen LogP contribution is -1.90. The van der Waals surface area contributed by atoms with E-state index in [2.05, 4.69) is 11.0 Å². The third-order valence-corrected chi connectivity index (χ3v) is 3.25. The molecule has 88 valence electrons.